The van der Waals surface area contributed by atoms with Crippen molar-refractivity contribution in [2.75, 3.05) is 37.3 Å². The molecule has 14 heteroatoms. The zero-order valence-corrected chi connectivity index (χ0v) is 19.8. The van der Waals surface area contributed by atoms with E-state index in [-0.39, 0.29) is 42.3 Å². The SMILES string of the molecule is CC(Oc1ccc(S(C)(=O)=O)cc1C(=O)N1CCN(c2ccc(C(F)(F)F)c(F)c2)CC1)C(F)(F)F. The molecule has 0 radical (unpaired) electrons. The van der Waals surface area contributed by atoms with Crippen LogP contribution in [-0.4, -0.2) is 63.9 Å². The van der Waals surface area contributed by atoms with Gasteiger partial charge in [-0.1, -0.05) is 0 Å². The van der Waals surface area contributed by atoms with E-state index in [1.165, 1.54) is 4.90 Å². The zero-order chi connectivity index (χ0) is 27.1. The van der Waals surface area contributed by atoms with Gasteiger partial charge >= 0.3 is 12.4 Å². The summed E-state index contributed by atoms with van der Waals surface area (Å²) in [5.41, 5.74) is -1.64. The summed E-state index contributed by atoms with van der Waals surface area (Å²) in [5, 5.41) is 0. The van der Waals surface area contributed by atoms with Crippen molar-refractivity contribution in [1.82, 2.24) is 4.90 Å². The Morgan fingerprint density at radius 2 is 1.58 bits per heavy atom. The number of hydrogen-bond acceptors (Lipinski definition) is 5. The van der Waals surface area contributed by atoms with Gasteiger partial charge in [0.05, 0.1) is 16.0 Å². The smallest absolute Gasteiger partial charge is 0.425 e. The van der Waals surface area contributed by atoms with Crippen LogP contribution in [0.2, 0.25) is 0 Å². The van der Waals surface area contributed by atoms with E-state index in [1.54, 1.807) is 4.90 Å². The molecule has 0 N–H and O–H groups in total. The van der Waals surface area contributed by atoms with Crippen LogP contribution in [-0.2, 0) is 16.0 Å². The molecule has 2 aromatic rings. The highest BCUT2D eigenvalue weighted by Crippen LogP contribution is 2.34. The minimum atomic E-state index is -4.85. The molecule has 198 valence electrons. The summed E-state index contributed by atoms with van der Waals surface area (Å²) in [5.74, 6) is -2.69. The molecule has 1 unspecified atom stereocenters. The van der Waals surface area contributed by atoms with E-state index in [0.29, 0.717) is 6.07 Å². The summed E-state index contributed by atoms with van der Waals surface area (Å²) in [4.78, 5) is 15.6. The Balaban J connectivity index is 1.82. The molecule has 0 aromatic heterocycles. The van der Waals surface area contributed by atoms with Crippen LogP contribution in [0, 0.1) is 5.82 Å². The van der Waals surface area contributed by atoms with Crippen LogP contribution in [0.5, 0.6) is 5.75 Å². The Bertz CT molecular complexity index is 1240. The lowest BCUT2D eigenvalue weighted by molar-refractivity contribution is -0.189. The largest absolute Gasteiger partial charge is 0.480 e. The van der Waals surface area contributed by atoms with Crippen LogP contribution in [0.15, 0.2) is 41.3 Å². The predicted molar refractivity (Wildman–Crippen MR) is 115 cm³/mol. The minimum absolute atomic E-state index is 0.0150. The lowest BCUT2D eigenvalue weighted by Gasteiger charge is -2.36. The van der Waals surface area contributed by atoms with Crippen molar-refractivity contribution < 1.29 is 48.7 Å². The first-order chi connectivity index (χ1) is 16.5. The molecule has 2 aromatic carbocycles. The second-order valence-corrected chi connectivity index (χ2v) is 10.2. The van der Waals surface area contributed by atoms with E-state index in [2.05, 4.69) is 0 Å². The monoisotopic (exact) mass is 542 g/mol. The predicted octanol–water partition coefficient (Wildman–Crippen LogP) is 4.54. The molecule has 3 rings (SSSR count). The number of sulfone groups is 1. The number of amides is 1. The van der Waals surface area contributed by atoms with Gasteiger partial charge in [-0.3, -0.25) is 4.79 Å². The average Bonchev–Trinajstić information content (AvgIpc) is 2.76. The zero-order valence-electron chi connectivity index (χ0n) is 19.0. The molecule has 1 aliphatic heterocycles. The first kappa shape index (κ1) is 27.6. The Hall–Kier alpha value is -3.03. The molecule has 1 aliphatic rings. The van der Waals surface area contributed by atoms with Crippen LogP contribution in [0.4, 0.5) is 36.4 Å². The molecular weight excluding hydrogens is 521 g/mol. The molecule has 1 atom stereocenters. The summed E-state index contributed by atoms with van der Waals surface area (Å²) >= 11 is 0. The number of alkyl halides is 6. The maximum absolute atomic E-state index is 13.9. The number of piperazine rings is 1. The van der Waals surface area contributed by atoms with E-state index in [9.17, 15) is 43.9 Å². The number of nitrogens with zero attached hydrogens (tertiary/aromatic N) is 2. The van der Waals surface area contributed by atoms with Gasteiger partial charge in [0, 0.05) is 38.1 Å². The van der Waals surface area contributed by atoms with Crippen molar-refractivity contribution >= 4 is 21.4 Å². The Morgan fingerprint density at radius 1 is 0.972 bits per heavy atom. The molecule has 0 saturated carbocycles. The number of hydrogen-bond donors (Lipinski definition) is 0. The van der Waals surface area contributed by atoms with Crippen molar-refractivity contribution in [3.8, 4) is 5.75 Å². The summed E-state index contributed by atoms with van der Waals surface area (Å²) in [6.07, 6.45) is -11.0. The molecule has 0 aliphatic carbocycles. The van der Waals surface area contributed by atoms with Crippen molar-refractivity contribution in [2.24, 2.45) is 0 Å². The fourth-order valence-electron chi connectivity index (χ4n) is 3.54. The summed E-state index contributed by atoms with van der Waals surface area (Å²) in [6.45, 7) is 0.868. The summed E-state index contributed by atoms with van der Waals surface area (Å²) in [6, 6.07) is 5.40. The highest BCUT2D eigenvalue weighted by atomic mass is 32.2. The number of ether oxygens (including phenoxy) is 1. The fraction of sp³-hybridized carbons (Fsp3) is 0.409. The number of carbonyl (C=O) groups is 1. The topological polar surface area (TPSA) is 66.9 Å². The van der Waals surface area contributed by atoms with Crippen LogP contribution in [0.25, 0.3) is 0 Å². The van der Waals surface area contributed by atoms with Gasteiger partial charge < -0.3 is 14.5 Å². The first-order valence-corrected chi connectivity index (χ1v) is 12.4. The van der Waals surface area contributed by atoms with Crippen molar-refractivity contribution in [3.05, 3.63) is 53.3 Å². The highest BCUT2D eigenvalue weighted by molar-refractivity contribution is 7.90. The third-order valence-corrected chi connectivity index (χ3v) is 6.67. The van der Waals surface area contributed by atoms with Crippen molar-refractivity contribution in [3.63, 3.8) is 0 Å². The third kappa shape index (κ3) is 6.20. The maximum Gasteiger partial charge on any atom is 0.425 e. The van der Waals surface area contributed by atoms with Gasteiger partial charge in [0.25, 0.3) is 5.91 Å². The quantitative estimate of drug-likeness (QED) is 0.520. The molecule has 1 fully saturated rings. The number of benzene rings is 2. The van der Waals surface area contributed by atoms with Crippen LogP contribution in [0.1, 0.15) is 22.8 Å². The number of rotatable bonds is 5. The second kappa shape index (κ2) is 9.79. The van der Waals surface area contributed by atoms with Gasteiger partial charge in [-0.2, -0.15) is 26.3 Å². The van der Waals surface area contributed by atoms with E-state index >= 15 is 0 Å². The Kier molecular flexibility index (Phi) is 7.49. The van der Waals surface area contributed by atoms with Crippen molar-refractivity contribution in [1.29, 1.82) is 0 Å². The molecular formula is C22H21F7N2O4S. The van der Waals surface area contributed by atoms with E-state index < -0.39 is 51.3 Å². The van der Waals surface area contributed by atoms with Gasteiger partial charge in [-0.15, -0.1) is 0 Å². The fourth-order valence-corrected chi connectivity index (χ4v) is 4.18. The molecule has 1 saturated heterocycles. The van der Waals surface area contributed by atoms with E-state index in [0.717, 1.165) is 43.5 Å². The van der Waals surface area contributed by atoms with Gasteiger partial charge in [0.1, 0.15) is 11.6 Å². The van der Waals surface area contributed by atoms with E-state index in [4.69, 9.17) is 4.74 Å². The molecule has 1 heterocycles. The average molecular weight is 542 g/mol. The van der Waals surface area contributed by atoms with Gasteiger partial charge in [0.2, 0.25) is 0 Å². The van der Waals surface area contributed by atoms with E-state index in [1.807, 2.05) is 0 Å². The van der Waals surface area contributed by atoms with Gasteiger partial charge in [-0.25, -0.2) is 12.8 Å². The molecule has 1 amide bonds. The first-order valence-electron chi connectivity index (χ1n) is 10.5. The molecule has 0 spiro atoms. The van der Waals surface area contributed by atoms with Crippen LogP contribution >= 0.6 is 0 Å². The van der Waals surface area contributed by atoms with Gasteiger partial charge in [-0.05, 0) is 43.3 Å². The third-order valence-electron chi connectivity index (χ3n) is 5.56. The number of anilines is 1. The number of carbonyl (C=O) groups excluding carboxylic acids is 1. The second-order valence-electron chi connectivity index (χ2n) is 8.17. The van der Waals surface area contributed by atoms with Crippen LogP contribution in [0.3, 0.4) is 0 Å². The summed E-state index contributed by atoms with van der Waals surface area (Å²) in [7, 11) is -3.80. The Labute approximate surface area is 202 Å². The lowest BCUT2D eigenvalue weighted by atomic mass is 10.1. The van der Waals surface area contributed by atoms with Crippen LogP contribution < -0.4 is 9.64 Å². The number of halogens is 7. The van der Waals surface area contributed by atoms with Gasteiger partial charge in [0.15, 0.2) is 15.9 Å². The molecule has 6 nitrogen and oxygen atoms in total. The van der Waals surface area contributed by atoms with Crippen molar-refractivity contribution in [2.45, 2.75) is 30.3 Å². The summed E-state index contributed by atoms with van der Waals surface area (Å²) < 4.78 is 120. The lowest BCUT2D eigenvalue weighted by Crippen LogP contribution is -2.49. The molecule has 36 heavy (non-hydrogen) atoms. The normalized spacial score (nSPS) is 16.1. The Morgan fingerprint density at radius 3 is 2.08 bits per heavy atom. The minimum Gasteiger partial charge on any atom is -0.480 e. The highest BCUT2D eigenvalue weighted by Gasteiger charge is 2.39. The molecule has 0 bridgehead atoms. The maximum atomic E-state index is 13.9. The standard InChI is InChI=1S/C22H21F7N2O4S/c1-13(21(24,25)26)35-19-6-4-15(36(2,33)34)12-16(19)20(32)31-9-7-30(8-10-31)14-3-5-17(18(23)11-14)22(27,28)29/h3-6,11-13H,7-10H2,1-2H3.